The van der Waals surface area contributed by atoms with E-state index in [9.17, 15) is 0 Å². The first-order valence-electron chi connectivity index (χ1n) is 8.64. The predicted molar refractivity (Wildman–Crippen MR) is 116 cm³/mol. The second kappa shape index (κ2) is 11.1. The minimum Gasteiger partial charge on any atom is -0.357 e. The number of aromatic nitrogens is 2. The molecule has 1 unspecified atom stereocenters. The van der Waals surface area contributed by atoms with E-state index in [1.807, 2.05) is 24.1 Å². The Morgan fingerprint density at radius 1 is 1.32 bits per heavy atom. The molecule has 0 bridgehead atoms. The van der Waals surface area contributed by atoms with E-state index in [2.05, 4.69) is 60.8 Å². The zero-order valence-corrected chi connectivity index (χ0v) is 18.0. The van der Waals surface area contributed by atoms with Crippen molar-refractivity contribution in [2.45, 2.75) is 33.1 Å². The third-order valence-electron chi connectivity index (χ3n) is 3.94. The van der Waals surface area contributed by atoms with Crippen molar-refractivity contribution in [2.24, 2.45) is 12.0 Å². The van der Waals surface area contributed by atoms with Crippen LogP contribution >= 0.6 is 24.0 Å². The van der Waals surface area contributed by atoms with Crippen molar-refractivity contribution in [2.75, 3.05) is 19.6 Å². The Balaban J connectivity index is 0.00000312. The van der Waals surface area contributed by atoms with Gasteiger partial charge in [-0.25, -0.2) is 0 Å². The molecule has 138 valence electrons. The normalized spacial score (nSPS) is 12.4. The average molecular weight is 455 g/mol. The van der Waals surface area contributed by atoms with Crippen LogP contribution in [0.1, 0.15) is 36.5 Å². The van der Waals surface area contributed by atoms with Crippen LogP contribution in [0.5, 0.6) is 0 Å². The molecular weight excluding hydrogens is 425 g/mol. The van der Waals surface area contributed by atoms with Crippen molar-refractivity contribution in [1.29, 1.82) is 0 Å². The maximum Gasteiger partial charge on any atom is 0.191 e. The smallest absolute Gasteiger partial charge is 0.191 e. The minimum atomic E-state index is 0. The number of hydrogen-bond donors (Lipinski definition) is 2. The first-order chi connectivity index (χ1) is 11.6. The molecular formula is C19H30IN5. The van der Waals surface area contributed by atoms with Gasteiger partial charge in [-0.1, -0.05) is 36.8 Å². The fourth-order valence-corrected chi connectivity index (χ4v) is 2.58. The Hall–Kier alpha value is -1.57. The molecule has 25 heavy (non-hydrogen) atoms. The summed E-state index contributed by atoms with van der Waals surface area (Å²) in [4.78, 5) is 4.73. The first-order valence-corrected chi connectivity index (χ1v) is 8.64. The van der Waals surface area contributed by atoms with Crippen LogP contribution in [0, 0.1) is 6.92 Å². The summed E-state index contributed by atoms with van der Waals surface area (Å²) in [7, 11) is 1.94. The summed E-state index contributed by atoms with van der Waals surface area (Å²) < 4.78 is 1.83. The fraction of sp³-hybridized carbons (Fsp3) is 0.474. The SMILES string of the molecule is CCNC(=NCC(C)c1cccc(C)c1)NCCc1cnn(C)c1.I. The zero-order valence-electron chi connectivity index (χ0n) is 15.6. The first kappa shape index (κ1) is 21.5. The average Bonchev–Trinajstić information content (AvgIpc) is 2.97. The minimum absolute atomic E-state index is 0. The number of nitrogens with one attached hydrogen (secondary N) is 2. The van der Waals surface area contributed by atoms with Gasteiger partial charge in [0.05, 0.1) is 6.20 Å². The number of benzene rings is 1. The van der Waals surface area contributed by atoms with Gasteiger partial charge in [-0.15, -0.1) is 24.0 Å². The molecule has 1 aromatic heterocycles. The van der Waals surface area contributed by atoms with Crippen LogP contribution in [0.4, 0.5) is 0 Å². The van der Waals surface area contributed by atoms with Crippen molar-refractivity contribution in [3.05, 3.63) is 53.3 Å². The molecule has 0 amide bonds. The Morgan fingerprint density at radius 2 is 2.12 bits per heavy atom. The predicted octanol–water partition coefficient (Wildman–Crippen LogP) is 3.25. The van der Waals surface area contributed by atoms with E-state index in [1.54, 1.807) is 0 Å². The summed E-state index contributed by atoms with van der Waals surface area (Å²) in [5, 5.41) is 10.9. The highest BCUT2D eigenvalue weighted by molar-refractivity contribution is 14.0. The molecule has 5 nitrogen and oxygen atoms in total. The summed E-state index contributed by atoms with van der Waals surface area (Å²) in [5.41, 5.74) is 3.86. The summed E-state index contributed by atoms with van der Waals surface area (Å²) >= 11 is 0. The second-order valence-electron chi connectivity index (χ2n) is 6.23. The topological polar surface area (TPSA) is 54.2 Å². The lowest BCUT2D eigenvalue weighted by atomic mass is 10.00. The highest BCUT2D eigenvalue weighted by Crippen LogP contribution is 2.16. The molecule has 2 aromatic rings. The van der Waals surface area contributed by atoms with Crippen molar-refractivity contribution >= 4 is 29.9 Å². The van der Waals surface area contributed by atoms with Crippen LogP contribution < -0.4 is 10.6 Å². The number of guanidine groups is 1. The van der Waals surface area contributed by atoms with E-state index in [1.165, 1.54) is 16.7 Å². The molecule has 0 saturated heterocycles. The van der Waals surface area contributed by atoms with E-state index in [-0.39, 0.29) is 24.0 Å². The van der Waals surface area contributed by atoms with E-state index in [0.29, 0.717) is 5.92 Å². The lowest BCUT2D eigenvalue weighted by Gasteiger charge is -2.14. The highest BCUT2D eigenvalue weighted by Gasteiger charge is 2.06. The van der Waals surface area contributed by atoms with Gasteiger partial charge in [0.25, 0.3) is 0 Å². The molecule has 0 aliphatic heterocycles. The van der Waals surface area contributed by atoms with E-state index in [4.69, 9.17) is 4.99 Å². The van der Waals surface area contributed by atoms with Crippen LogP contribution in [0.3, 0.4) is 0 Å². The lowest BCUT2D eigenvalue weighted by molar-refractivity contribution is 0.744. The van der Waals surface area contributed by atoms with Crippen LogP contribution in [0.2, 0.25) is 0 Å². The van der Waals surface area contributed by atoms with Gasteiger partial charge >= 0.3 is 0 Å². The maximum absolute atomic E-state index is 4.73. The van der Waals surface area contributed by atoms with Crippen molar-refractivity contribution in [3.8, 4) is 0 Å². The quantitative estimate of drug-likeness (QED) is 0.383. The summed E-state index contributed by atoms with van der Waals surface area (Å²) in [6.45, 7) is 8.91. The van der Waals surface area contributed by atoms with Gasteiger partial charge in [-0.05, 0) is 31.4 Å². The Bertz CT molecular complexity index is 665. The fourth-order valence-electron chi connectivity index (χ4n) is 2.58. The van der Waals surface area contributed by atoms with Crippen LogP contribution in [0.15, 0.2) is 41.7 Å². The van der Waals surface area contributed by atoms with Gasteiger partial charge in [-0.2, -0.15) is 5.10 Å². The van der Waals surface area contributed by atoms with Gasteiger partial charge in [-0.3, -0.25) is 9.67 Å². The van der Waals surface area contributed by atoms with Crippen LogP contribution in [0.25, 0.3) is 0 Å². The third kappa shape index (κ3) is 7.46. The monoisotopic (exact) mass is 455 g/mol. The van der Waals surface area contributed by atoms with Crippen LogP contribution in [-0.4, -0.2) is 35.4 Å². The molecule has 0 saturated carbocycles. The second-order valence-corrected chi connectivity index (χ2v) is 6.23. The van der Waals surface area contributed by atoms with Gasteiger partial charge < -0.3 is 10.6 Å². The van der Waals surface area contributed by atoms with Crippen LogP contribution in [-0.2, 0) is 13.5 Å². The molecule has 0 radical (unpaired) electrons. The molecule has 2 rings (SSSR count). The van der Waals surface area contributed by atoms with E-state index >= 15 is 0 Å². The van der Waals surface area contributed by atoms with E-state index < -0.39 is 0 Å². The molecule has 0 fully saturated rings. The summed E-state index contributed by atoms with van der Waals surface area (Å²) in [6, 6.07) is 8.66. The Kier molecular flexibility index (Phi) is 9.55. The van der Waals surface area contributed by atoms with Gasteiger partial charge in [0.1, 0.15) is 0 Å². The molecule has 1 heterocycles. The number of rotatable bonds is 7. The molecule has 2 N–H and O–H groups in total. The number of hydrogen-bond acceptors (Lipinski definition) is 2. The number of halogens is 1. The molecule has 0 aliphatic rings. The number of aliphatic imine (C=N–C) groups is 1. The van der Waals surface area contributed by atoms with Crippen molar-refractivity contribution < 1.29 is 0 Å². The van der Waals surface area contributed by atoms with E-state index in [0.717, 1.165) is 32.0 Å². The number of nitrogens with zero attached hydrogens (tertiary/aromatic N) is 3. The maximum atomic E-state index is 4.73. The summed E-state index contributed by atoms with van der Waals surface area (Å²) in [5.74, 6) is 1.28. The third-order valence-corrected chi connectivity index (χ3v) is 3.94. The van der Waals surface area contributed by atoms with Gasteiger partial charge in [0.2, 0.25) is 0 Å². The highest BCUT2D eigenvalue weighted by atomic mass is 127. The molecule has 1 atom stereocenters. The van der Waals surface area contributed by atoms with Gasteiger partial charge in [0.15, 0.2) is 5.96 Å². The molecule has 6 heteroatoms. The molecule has 1 aromatic carbocycles. The number of aryl methyl sites for hydroxylation is 2. The summed E-state index contributed by atoms with van der Waals surface area (Å²) in [6.07, 6.45) is 4.89. The zero-order chi connectivity index (χ0) is 17.4. The van der Waals surface area contributed by atoms with Gasteiger partial charge in [0, 0.05) is 38.8 Å². The molecule has 0 spiro atoms. The Labute approximate surface area is 168 Å². The lowest BCUT2D eigenvalue weighted by Crippen LogP contribution is -2.38. The van der Waals surface area contributed by atoms with Crippen molar-refractivity contribution in [3.63, 3.8) is 0 Å². The standard InChI is InChI=1S/C19H29N5.HI/c1-5-20-19(21-10-9-17-13-23-24(4)14-17)22-12-16(3)18-8-6-7-15(2)11-18;/h6-8,11,13-14,16H,5,9-10,12H2,1-4H3,(H2,20,21,22);1H. The van der Waals surface area contributed by atoms with Crippen molar-refractivity contribution in [1.82, 2.24) is 20.4 Å². The Morgan fingerprint density at radius 3 is 2.76 bits per heavy atom. The largest absolute Gasteiger partial charge is 0.357 e. The molecule has 0 aliphatic carbocycles.